The molecule has 1 N–H and O–H groups in total. The summed E-state index contributed by atoms with van der Waals surface area (Å²) in [5.41, 5.74) is -1.55. The minimum absolute atomic E-state index is 0.0941. The third-order valence-electron chi connectivity index (χ3n) is 2.37. The number of hydrogen-bond donors (Lipinski definition) is 1. The summed E-state index contributed by atoms with van der Waals surface area (Å²) in [6.07, 6.45) is -4.64. The number of aromatic nitrogens is 2. The SMILES string of the molecule is O=[N+]([O-])c1ccc(-c2c(Cl)n[nH]c2C(F)(F)F)cc1. The summed E-state index contributed by atoms with van der Waals surface area (Å²) in [5.74, 6) is 0. The van der Waals surface area contributed by atoms with Crippen LogP contribution in [-0.2, 0) is 6.18 Å². The van der Waals surface area contributed by atoms with Gasteiger partial charge in [-0.25, -0.2) is 0 Å². The van der Waals surface area contributed by atoms with Gasteiger partial charge >= 0.3 is 6.18 Å². The van der Waals surface area contributed by atoms with Gasteiger partial charge in [-0.15, -0.1) is 0 Å². The predicted octanol–water partition coefficient (Wildman–Crippen LogP) is 3.66. The summed E-state index contributed by atoms with van der Waals surface area (Å²) in [7, 11) is 0. The molecule has 0 aliphatic heterocycles. The van der Waals surface area contributed by atoms with Gasteiger partial charge in [0.05, 0.1) is 10.5 Å². The van der Waals surface area contributed by atoms with Crippen LogP contribution in [0.1, 0.15) is 5.69 Å². The lowest BCUT2D eigenvalue weighted by Gasteiger charge is -2.07. The molecule has 19 heavy (non-hydrogen) atoms. The van der Waals surface area contributed by atoms with E-state index in [4.69, 9.17) is 11.6 Å². The molecule has 0 amide bonds. The van der Waals surface area contributed by atoms with Gasteiger partial charge < -0.3 is 0 Å². The second-order valence-electron chi connectivity index (χ2n) is 3.57. The molecule has 1 aromatic heterocycles. The first-order valence-electron chi connectivity index (χ1n) is 4.86. The molecule has 1 heterocycles. The van der Waals surface area contributed by atoms with Crippen LogP contribution in [0.3, 0.4) is 0 Å². The van der Waals surface area contributed by atoms with Gasteiger partial charge in [-0.05, 0) is 17.7 Å². The number of benzene rings is 1. The van der Waals surface area contributed by atoms with E-state index in [0.717, 1.165) is 12.1 Å². The van der Waals surface area contributed by atoms with Crippen LogP contribution in [-0.4, -0.2) is 15.1 Å². The molecule has 0 saturated heterocycles. The maximum atomic E-state index is 12.7. The third kappa shape index (κ3) is 2.53. The topological polar surface area (TPSA) is 71.8 Å². The number of aromatic amines is 1. The van der Waals surface area contributed by atoms with Crippen molar-refractivity contribution < 1.29 is 18.1 Å². The van der Waals surface area contributed by atoms with Gasteiger partial charge in [0.15, 0.2) is 5.15 Å². The number of halogens is 4. The number of hydrogen-bond acceptors (Lipinski definition) is 3. The maximum absolute atomic E-state index is 12.7. The van der Waals surface area contributed by atoms with Crippen molar-refractivity contribution in [2.24, 2.45) is 0 Å². The molecule has 0 unspecified atom stereocenters. The lowest BCUT2D eigenvalue weighted by molar-refractivity contribution is -0.384. The highest BCUT2D eigenvalue weighted by molar-refractivity contribution is 6.32. The van der Waals surface area contributed by atoms with Gasteiger partial charge in [0.2, 0.25) is 0 Å². The molecule has 0 atom stereocenters. The highest BCUT2D eigenvalue weighted by atomic mass is 35.5. The number of nitro benzene ring substituents is 1. The minimum atomic E-state index is -4.64. The molecular weight excluding hydrogens is 287 g/mol. The molecule has 0 aliphatic carbocycles. The van der Waals surface area contributed by atoms with Crippen LogP contribution in [0.15, 0.2) is 24.3 Å². The van der Waals surface area contributed by atoms with E-state index in [9.17, 15) is 23.3 Å². The maximum Gasteiger partial charge on any atom is 0.433 e. The van der Waals surface area contributed by atoms with Crippen LogP contribution in [0.4, 0.5) is 18.9 Å². The molecule has 2 rings (SSSR count). The summed E-state index contributed by atoms with van der Waals surface area (Å²) in [5, 5.41) is 15.2. The number of nitrogens with one attached hydrogen (secondary N) is 1. The van der Waals surface area contributed by atoms with Crippen LogP contribution < -0.4 is 0 Å². The van der Waals surface area contributed by atoms with Crippen molar-refractivity contribution in [2.75, 3.05) is 0 Å². The van der Waals surface area contributed by atoms with Gasteiger partial charge in [-0.3, -0.25) is 15.2 Å². The molecule has 0 fully saturated rings. The van der Waals surface area contributed by atoms with E-state index in [-0.39, 0.29) is 22.0 Å². The zero-order valence-electron chi connectivity index (χ0n) is 9.03. The van der Waals surface area contributed by atoms with E-state index in [0.29, 0.717) is 0 Å². The second-order valence-corrected chi connectivity index (χ2v) is 3.92. The summed E-state index contributed by atoms with van der Waals surface area (Å²) in [6, 6.07) is 4.56. The number of alkyl halides is 3. The van der Waals surface area contributed by atoms with Crippen molar-refractivity contribution in [3.05, 3.63) is 45.2 Å². The fourth-order valence-corrected chi connectivity index (χ4v) is 1.78. The number of non-ortho nitro benzene ring substituents is 1. The van der Waals surface area contributed by atoms with E-state index in [2.05, 4.69) is 5.10 Å². The fourth-order valence-electron chi connectivity index (χ4n) is 1.54. The van der Waals surface area contributed by atoms with Crippen LogP contribution in [0.2, 0.25) is 5.15 Å². The number of rotatable bonds is 2. The first-order chi connectivity index (χ1) is 8.80. The molecule has 0 spiro atoms. The molecule has 2 aromatic rings. The molecular formula is C10H5ClF3N3O2. The van der Waals surface area contributed by atoms with E-state index in [1.807, 2.05) is 5.10 Å². The Morgan fingerprint density at radius 2 is 1.84 bits per heavy atom. The van der Waals surface area contributed by atoms with Crippen molar-refractivity contribution in [2.45, 2.75) is 6.18 Å². The number of nitrogens with zero attached hydrogens (tertiary/aromatic N) is 2. The fraction of sp³-hybridized carbons (Fsp3) is 0.100. The summed E-state index contributed by atoms with van der Waals surface area (Å²) >= 11 is 5.61. The second kappa shape index (κ2) is 4.54. The molecule has 0 aliphatic rings. The van der Waals surface area contributed by atoms with Crippen molar-refractivity contribution >= 4 is 17.3 Å². The molecule has 9 heteroatoms. The third-order valence-corrected chi connectivity index (χ3v) is 2.65. The summed E-state index contributed by atoms with van der Waals surface area (Å²) in [6.45, 7) is 0. The standard InChI is InChI=1S/C10H5ClF3N3O2/c11-9-7(8(15-16-9)10(12,13)14)5-1-3-6(4-2-5)17(18)19/h1-4H,(H,15,16). The molecule has 0 radical (unpaired) electrons. The normalized spacial score (nSPS) is 11.6. The average molecular weight is 292 g/mol. The number of H-pyrrole nitrogens is 1. The molecule has 5 nitrogen and oxygen atoms in total. The van der Waals surface area contributed by atoms with E-state index >= 15 is 0 Å². The lowest BCUT2D eigenvalue weighted by Crippen LogP contribution is -2.07. The Hall–Kier alpha value is -2.09. The van der Waals surface area contributed by atoms with Gasteiger partial charge in [-0.1, -0.05) is 11.6 Å². The molecule has 0 bridgehead atoms. The highest BCUT2D eigenvalue weighted by Crippen LogP contribution is 2.39. The van der Waals surface area contributed by atoms with Gasteiger partial charge in [0.25, 0.3) is 5.69 Å². The van der Waals surface area contributed by atoms with E-state index in [1.54, 1.807) is 0 Å². The molecule has 1 aromatic carbocycles. The molecule has 0 saturated carbocycles. The van der Waals surface area contributed by atoms with Gasteiger partial charge in [0.1, 0.15) is 5.69 Å². The predicted molar refractivity (Wildman–Crippen MR) is 60.7 cm³/mol. The Kier molecular flexibility index (Phi) is 3.19. The number of nitro groups is 1. The van der Waals surface area contributed by atoms with Gasteiger partial charge in [0, 0.05) is 12.1 Å². The van der Waals surface area contributed by atoms with Crippen LogP contribution >= 0.6 is 11.6 Å². The smallest absolute Gasteiger partial charge is 0.272 e. The van der Waals surface area contributed by atoms with Crippen molar-refractivity contribution in [1.82, 2.24) is 10.2 Å². The quantitative estimate of drug-likeness (QED) is 0.678. The van der Waals surface area contributed by atoms with Crippen molar-refractivity contribution in [3.8, 4) is 11.1 Å². The van der Waals surface area contributed by atoms with Crippen molar-refractivity contribution in [1.29, 1.82) is 0 Å². The largest absolute Gasteiger partial charge is 0.433 e. The Labute approximate surface area is 109 Å². The van der Waals surface area contributed by atoms with Gasteiger partial charge in [-0.2, -0.15) is 18.3 Å². The Morgan fingerprint density at radius 3 is 2.32 bits per heavy atom. The van der Waals surface area contributed by atoms with Crippen LogP contribution in [0.5, 0.6) is 0 Å². The van der Waals surface area contributed by atoms with Crippen molar-refractivity contribution in [3.63, 3.8) is 0 Å². The zero-order valence-corrected chi connectivity index (χ0v) is 9.79. The summed E-state index contributed by atoms with van der Waals surface area (Å²) < 4.78 is 38.2. The van der Waals surface area contributed by atoms with E-state index < -0.39 is 16.8 Å². The average Bonchev–Trinajstić information content (AvgIpc) is 2.71. The minimum Gasteiger partial charge on any atom is -0.272 e. The Morgan fingerprint density at radius 1 is 1.26 bits per heavy atom. The Balaban J connectivity index is 2.53. The first-order valence-corrected chi connectivity index (χ1v) is 5.24. The highest BCUT2D eigenvalue weighted by Gasteiger charge is 2.37. The van der Waals surface area contributed by atoms with E-state index in [1.165, 1.54) is 12.1 Å². The van der Waals surface area contributed by atoms with Crippen LogP contribution in [0, 0.1) is 10.1 Å². The zero-order chi connectivity index (χ0) is 14.2. The lowest BCUT2D eigenvalue weighted by atomic mass is 10.1. The Bertz CT molecular complexity index is 622. The summed E-state index contributed by atoms with van der Waals surface area (Å²) in [4.78, 5) is 9.83. The molecule has 100 valence electrons. The first kappa shape index (κ1) is 13.3. The van der Waals surface area contributed by atoms with Crippen LogP contribution in [0.25, 0.3) is 11.1 Å². The monoisotopic (exact) mass is 291 g/mol.